The van der Waals surface area contributed by atoms with Crippen molar-refractivity contribution in [2.24, 2.45) is 5.92 Å². The van der Waals surface area contributed by atoms with Gasteiger partial charge >= 0.3 is 0 Å². The molecule has 5 rings (SSSR count). The van der Waals surface area contributed by atoms with E-state index in [0.717, 1.165) is 10.2 Å². The Bertz CT molecular complexity index is 1120. The van der Waals surface area contributed by atoms with Gasteiger partial charge in [-0.1, -0.05) is 46.3 Å². The van der Waals surface area contributed by atoms with Crippen LogP contribution in [0.25, 0.3) is 0 Å². The standard InChI is InChI=1S/C23H17BrN2O4/c24-15-9-11-16(12-10-15)25-22(28)19-20(14-5-4-8-18(27)13-14)26(30-21(19)23(25)29)17-6-2-1-3-7-17/h1-13,19-21,27H. The third-order valence-corrected chi connectivity index (χ3v) is 5.95. The van der Waals surface area contributed by atoms with Gasteiger partial charge < -0.3 is 5.11 Å². The molecule has 2 aliphatic rings. The Morgan fingerprint density at radius 1 is 0.833 bits per heavy atom. The molecular weight excluding hydrogens is 448 g/mol. The number of carbonyl (C=O) groups is 2. The van der Waals surface area contributed by atoms with Gasteiger partial charge in [-0.3, -0.25) is 14.4 Å². The Labute approximate surface area is 181 Å². The summed E-state index contributed by atoms with van der Waals surface area (Å²) < 4.78 is 0.856. The highest BCUT2D eigenvalue weighted by Gasteiger charge is 2.60. The molecule has 6 nitrogen and oxygen atoms in total. The molecule has 3 atom stereocenters. The highest BCUT2D eigenvalue weighted by atomic mass is 79.9. The van der Waals surface area contributed by atoms with Crippen LogP contribution in [0.3, 0.4) is 0 Å². The molecule has 0 aliphatic carbocycles. The van der Waals surface area contributed by atoms with Crippen LogP contribution >= 0.6 is 15.9 Å². The number of phenols is 1. The van der Waals surface area contributed by atoms with Gasteiger partial charge in [0.2, 0.25) is 5.91 Å². The number of benzene rings is 3. The molecule has 2 saturated heterocycles. The average molecular weight is 465 g/mol. The number of hydrogen-bond donors (Lipinski definition) is 1. The summed E-state index contributed by atoms with van der Waals surface area (Å²) in [6, 6.07) is 22.5. The number of aromatic hydroxyl groups is 1. The van der Waals surface area contributed by atoms with Crippen molar-refractivity contribution in [2.75, 3.05) is 9.96 Å². The first-order valence-corrected chi connectivity index (χ1v) is 10.3. The Balaban J connectivity index is 1.59. The van der Waals surface area contributed by atoms with Crippen molar-refractivity contribution in [3.8, 4) is 5.75 Å². The Hall–Kier alpha value is -3.16. The van der Waals surface area contributed by atoms with Crippen molar-refractivity contribution in [3.63, 3.8) is 0 Å². The molecule has 30 heavy (non-hydrogen) atoms. The lowest BCUT2D eigenvalue weighted by atomic mass is 9.90. The lowest BCUT2D eigenvalue weighted by Crippen LogP contribution is -2.37. The molecule has 2 amide bonds. The van der Waals surface area contributed by atoms with Crippen LogP contribution in [0.2, 0.25) is 0 Å². The van der Waals surface area contributed by atoms with E-state index in [-0.39, 0.29) is 11.7 Å². The molecule has 3 aromatic rings. The number of fused-ring (bicyclic) bond motifs is 1. The van der Waals surface area contributed by atoms with E-state index in [9.17, 15) is 14.7 Å². The first kappa shape index (κ1) is 18.8. The number of hydroxylamine groups is 1. The van der Waals surface area contributed by atoms with Crippen LogP contribution in [-0.4, -0.2) is 23.0 Å². The van der Waals surface area contributed by atoms with Gasteiger partial charge in [0.05, 0.1) is 17.4 Å². The molecule has 3 aromatic carbocycles. The summed E-state index contributed by atoms with van der Waals surface area (Å²) >= 11 is 3.37. The lowest BCUT2D eigenvalue weighted by Gasteiger charge is -2.28. The number of hydrogen-bond acceptors (Lipinski definition) is 5. The fourth-order valence-corrected chi connectivity index (χ4v) is 4.37. The van der Waals surface area contributed by atoms with E-state index in [1.165, 1.54) is 4.90 Å². The number of rotatable bonds is 3. The Kier molecular flexibility index (Phi) is 4.56. The van der Waals surface area contributed by atoms with Crippen molar-refractivity contribution in [1.29, 1.82) is 0 Å². The third kappa shape index (κ3) is 2.98. The highest BCUT2D eigenvalue weighted by molar-refractivity contribution is 9.10. The normalized spacial score (nSPS) is 23.2. The number of phenolic OH excluding ortho intramolecular Hbond substituents is 1. The van der Waals surface area contributed by atoms with E-state index in [1.807, 2.05) is 36.4 Å². The van der Waals surface area contributed by atoms with E-state index in [0.29, 0.717) is 11.3 Å². The van der Waals surface area contributed by atoms with Crippen LogP contribution in [0.5, 0.6) is 5.75 Å². The summed E-state index contributed by atoms with van der Waals surface area (Å²) in [5.74, 6) is -1.36. The first-order valence-electron chi connectivity index (χ1n) is 9.48. The summed E-state index contributed by atoms with van der Waals surface area (Å²) in [4.78, 5) is 33.9. The van der Waals surface area contributed by atoms with Crippen molar-refractivity contribution < 1.29 is 19.5 Å². The molecule has 150 valence electrons. The van der Waals surface area contributed by atoms with E-state index >= 15 is 0 Å². The second-order valence-electron chi connectivity index (χ2n) is 7.24. The van der Waals surface area contributed by atoms with Crippen molar-refractivity contribution in [1.82, 2.24) is 0 Å². The molecule has 0 aromatic heterocycles. The van der Waals surface area contributed by atoms with E-state index in [4.69, 9.17) is 4.84 Å². The van der Waals surface area contributed by atoms with E-state index in [2.05, 4.69) is 15.9 Å². The lowest BCUT2D eigenvalue weighted by molar-refractivity contribution is -0.126. The number of para-hydroxylation sites is 1. The second-order valence-corrected chi connectivity index (χ2v) is 8.16. The minimum absolute atomic E-state index is 0.0884. The maximum absolute atomic E-state index is 13.5. The number of nitrogens with zero attached hydrogens (tertiary/aromatic N) is 2. The Morgan fingerprint density at radius 2 is 1.57 bits per heavy atom. The topological polar surface area (TPSA) is 70.1 Å². The number of imide groups is 1. The number of halogens is 1. The van der Waals surface area contributed by atoms with Gasteiger partial charge in [-0.15, -0.1) is 0 Å². The fourth-order valence-electron chi connectivity index (χ4n) is 4.11. The minimum Gasteiger partial charge on any atom is -0.508 e. The van der Waals surface area contributed by atoms with Crippen LogP contribution in [-0.2, 0) is 14.4 Å². The van der Waals surface area contributed by atoms with Crippen molar-refractivity contribution >= 4 is 39.1 Å². The molecule has 0 saturated carbocycles. The molecule has 3 unspecified atom stereocenters. The molecule has 0 radical (unpaired) electrons. The number of carbonyl (C=O) groups excluding carboxylic acids is 2. The largest absolute Gasteiger partial charge is 0.508 e. The van der Waals surface area contributed by atoms with Gasteiger partial charge in [0.1, 0.15) is 11.7 Å². The summed E-state index contributed by atoms with van der Waals surface area (Å²) in [5, 5.41) is 11.6. The SMILES string of the molecule is O=C1C2ON(c3ccccc3)C(c3cccc(O)c3)C2C(=O)N1c1ccc(Br)cc1. The zero-order chi connectivity index (χ0) is 20.8. The van der Waals surface area contributed by atoms with Gasteiger partial charge in [-0.2, -0.15) is 0 Å². The summed E-state index contributed by atoms with van der Waals surface area (Å²) in [7, 11) is 0. The van der Waals surface area contributed by atoms with E-state index in [1.54, 1.807) is 47.5 Å². The zero-order valence-electron chi connectivity index (χ0n) is 15.7. The zero-order valence-corrected chi connectivity index (χ0v) is 17.3. The summed E-state index contributed by atoms with van der Waals surface area (Å²) in [6.45, 7) is 0. The van der Waals surface area contributed by atoms with Gasteiger partial charge in [0.25, 0.3) is 5.91 Å². The van der Waals surface area contributed by atoms with Crippen molar-refractivity contribution in [2.45, 2.75) is 12.1 Å². The fraction of sp³-hybridized carbons (Fsp3) is 0.130. The molecule has 7 heteroatoms. The monoisotopic (exact) mass is 464 g/mol. The van der Waals surface area contributed by atoms with Crippen molar-refractivity contribution in [3.05, 3.63) is 88.9 Å². The average Bonchev–Trinajstić information content (AvgIpc) is 3.26. The first-order chi connectivity index (χ1) is 14.5. The van der Waals surface area contributed by atoms with Crippen LogP contribution < -0.4 is 9.96 Å². The number of anilines is 2. The molecule has 2 fully saturated rings. The van der Waals surface area contributed by atoms with Crippen LogP contribution in [0.15, 0.2) is 83.3 Å². The number of amides is 2. The van der Waals surface area contributed by atoms with E-state index < -0.39 is 24.0 Å². The molecule has 0 bridgehead atoms. The van der Waals surface area contributed by atoms with Gasteiger partial charge in [0.15, 0.2) is 6.10 Å². The third-order valence-electron chi connectivity index (χ3n) is 5.42. The highest BCUT2D eigenvalue weighted by Crippen LogP contribution is 2.47. The molecular formula is C23H17BrN2O4. The molecule has 2 aliphatic heterocycles. The maximum atomic E-state index is 13.5. The Morgan fingerprint density at radius 3 is 2.27 bits per heavy atom. The molecule has 0 spiro atoms. The summed E-state index contributed by atoms with van der Waals surface area (Å²) in [5.41, 5.74) is 1.94. The van der Waals surface area contributed by atoms with Gasteiger partial charge in [-0.05, 0) is 54.1 Å². The second kappa shape index (κ2) is 7.27. The van der Waals surface area contributed by atoms with Crippen LogP contribution in [0, 0.1) is 5.92 Å². The predicted octanol–water partition coefficient (Wildman–Crippen LogP) is 4.21. The van der Waals surface area contributed by atoms with Gasteiger partial charge in [0, 0.05) is 4.47 Å². The van der Waals surface area contributed by atoms with Crippen LogP contribution in [0.1, 0.15) is 11.6 Å². The minimum atomic E-state index is -0.936. The quantitative estimate of drug-likeness (QED) is 0.588. The summed E-state index contributed by atoms with van der Waals surface area (Å²) in [6.07, 6.45) is -0.936. The predicted molar refractivity (Wildman–Crippen MR) is 115 cm³/mol. The van der Waals surface area contributed by atoms with Crippen LogP contribution in [0.4, 0.5) is 11.4 Å². The maximum Gasteiger partial charge on any atom is 0.266 e. The van der Waals surface area contributed by atoms with Gasteiger partial charge in [-0.25, -0.2) is 9.96 Å². The molecule has 2 heterocycles. The smallest absolute Gasteiger partial charge is 0.266 e. The molecule has 1 N–H and O–H groups in total.